The van der Waals surface area contributed by atoms with Crippen LogP contribution >= 0.6 is 0 Å². The van der Waals surface area contributed by atoms with E-state index in [2.05, 4.69) is 25.7 Å². The Kier molecular flexibility index (Phi) is 3.42. The van der Waals surface area contributed by atoms with E-state index in [1.165, 1.54) is 6.20 Å². The molecule has 2 N–H and O–H groups in total. The molecule has 0 radical (unpaired) electrons. The molecule has 5 nitrogen and oxygen atoms in total. The number of para-hydroxylation sites is 1. The number of fused-ring (bicyclic) bond motifs is 2. The Morgan fingerprint density at radius 2 is 1.79 bits per heavy atom. The summed E-state index contributed by atoms with van der Waals surface area (Å²) in [6.45, 7) is 0. The Morgan fingerprint density at radius 1 is 0.964 bits per heavy atom. The third kappa shape index (κ3) is 2.35. The average molecular weight is 385 g/mol. The van der Waals surface area contributed by atoms with E-state index in [0.29, 0.717) is 33.5 Å². The molecule has 1 unspecified atom stereocenters. The number of benzene rings is 2. The van der Waals surface area contributed by atoms with Crippen molar-refractivity contribution in [2.75, 3.05) is 5.32 Å². The summed E-state index contributed by atoms with van der Waals surface area (Å²) in [4.78, 5) is 2.90. The van der Waals surface area contributed by atoms with Crippen LogP contribution in [0.15, 0.2) is 48.7 Å². The Bertz CT molecular complexity index is 1210. The maximum atomic E-state index is 14.7. The predicted octanol–water partition coefficient (Wildman–Crippen LogP) is 4.69. The molecule has 140 valence electrons. The number of aromatic amines is 1. The molecule has 0 bridgehead atoms. The molecule has 2 aromatic heterocycles. The van der Waals surface area contributed by atoms with E-state index in [9.17, 15) is 17.6 Å². The molecule has 4 aromatic rings. The first kappa shape index (κ1) is 16.7. The van der Waals surface area contributed by atoms with Crippen molar-refractivity contribution in [2.24, 2.45) is 0 Å². The summed E-state index contributed by atoms with van der Waals surface area (Å²) in [5.74, 6) is -0.947. The van der Waals surface area contributed by atoms with Crippen LogP contribution in [0.1, 0.15) is 22.7 Å². The summed E-state index contributed by atoms with van der Waals surface area (Å²) in [7, 11) is 0. The van der Waals surface area contributed by atoms with Crippen molar-refractivity contribution in [3.8, 4) is 11.3 Å². The number of H-pyrrole nitrogens is 1. The van der Waals surface area contributed by atoms with Crippen LogP contribution in [0.2, 0.25) is 0 Å². The third-order valence-corrected chi connectivity index (χ3v) is 4.86. The molecule has 5 rings (SSSR count). The fraction of sp³-hybridized carbons (Fsp3) is 0.105. The molecule has 1 atom stereocenters. The van der Waals surface area contributed by atoms with Crippen molar-refractivity contribution in [3.63, 3.8) is 0 Å². The number of nitrogens with one attached hydrogen (secondary N) is 2. The highest BCUT2D eigenvalue weighted by molar-refractivity contribution is 5.98. The summed E-state index contributed by atoms with van der Waals surface area (Å²) in [5, 5.41) is 15.3. The largest absolute Gasteiger partial charge is 0.416 e. The lowest BCUT2D eigenvalue weighted by Crippen LogP contribution is -2.19. The van der Waals surface area contributed by atoms with E-state index in [1.807, 2.05) is 0 Å². The molecule has 2 aromatic carbocycles. The topological polar surface area (TPSA) is 66.5 Å². The first-order valence-electron chi connectivity index (χ1n) is 8.37. The van der Waals surface area contributed by atoms with E-state index in [4.69, 9.17) is 0 Å². The van der Waals surface area contributed by atoms with Gasteiger partial charge in [-0.15, -0.1) is 10.2 Å². The summed E-state index contributed by atoms with van der Waals surface area (Å²) in [6.07, 6.45) is -3.20. The van der Waals surface area contributed by atoms with Crippen LogP contribution in [-0.2, 0) is 6.18 Å². The number of rotatable bonds is 1. The lowest BCUT2D eigenvalue weighted by atomic mass is 9.93. The summed E-state index contributed by atoms with van der Waals surface area (Å²) >= 11 is 0. The van der Waals surface area contributed by atoms with Gasteiger partial charge in [-0.05, 0) is 23.4 Å². The number of hydrogen-bond donors (Lipinski definition) is 2. The molecule has 1 aliphatic rings. The summed E-state index contributed by atoms with van der Waals surface area (Å²) in [6, 6.07) is 8.87. The third-order valence-electron chi connectivity index (χ3n) is 4.86. The molecule has 0 spiro atoms. The fourth-order valence-corrected chi connectivity index (χ4v) is 3.69. The van der Waals surface area contributed by atoms with Gasteiger partial charge in [-0.2, -0.15) is 13.2 Å². The standard InChI is InChI=1S/C19H11F4N5/c20-12-6-3-5-11(19(21,22)23)15(12)16-10-8-24-18-14(10)17(26-28-27-18)9-4-1-2-7-13(9)25-16/h1-8,16,25H,(H,24,26,27). The van der Waals surface area contributed by atoms with Gasteiger partial charge >= 0.3 is 6.18 Å². The molecule has 0 saturated heterocycles. The minimum atomic E-state index is -4.71. The molecule has 3 heterocycles. The SMILES string of the molecule is Fc1cccc(C(F)(F)F)c1C1Nc2ccccc2-c2nnnc3[nH]cc1c23. The normalized spacial score (nSPS) is 15.8. The predicted molar refractivity (Wildman–Crippen MR) is 94.0 cm³/mol. The Balaban J connectivity index is 1.87. The van der Waals surface area contributed by atoms with Crippen molar-refractivity contribution in [1.29, 1.82) is 0 Å². The number of aromatic nitrogens is 4. The highest BCUT2D eigenvalue weighted by atomic mass is 19.4. The highest BCUT2D eigenvalue weighted by Gasteiger charge is 2.39. The minimum Gasteiger partial charge on any atom is -0.373 e. The zero-order chi connectivity index (χ0) is 19.5. The maximum Gasteiger partial charge on any atom is 0.416 e. The van der Waals surface area contributed by atoms with Gasteiger partial charge in [-0.25, -0.2) is 4.39 Å². The van der Waals surface area contributed by atoms with Crippen LogP contribution in [-0.4, -0.2) is 20.4 Å². The lowest BCUT2D eigenvalue weighted by Gasteiger charge is -2.23. The summed E-state index contributed by atoms with van der Waals surface area (Å²) in [5.41, 5.74) is 0.924. The van der Waals surface area contributed by atoms with E-state index in [0.717, 1.165) is 18.2 Å². The second-order valence-corrected chi connectivity index (χ2v) is 6.43. The molecular formula is C19H11F4N5. The lowest BCUT2D eigenvalue weighted by molar-refractivity contribution is -0.138. The van der Waals surface area contributed by atoms with Gasteiger partial charge in [0.1, 0.15) is 11.5 Å². The van der Waals surface area contributed by atoms with Gasteiger partial charge in [0.15, 0.2) is 5.65 Å². The van der Waals surface area contributed by atoms with Crippen molar-refractivity contribution in [3.05, 3.63) is 71.2 Å². The van der Waals surface area contributed by atoms with E-state index in [-0.39, 0.29) is 0 Å². The van der Waals surface area contributed by atoms with E-state index in [1.54, 1.807) is 24.3 Å². The Labute approximate surface area is 155 Å². The molecule has 0 amide bonds. The van der Waals surface area contributed by atoms with Gasteiger partial charge in [0, 0.05) is 28.6 Å². The zero-order valence-electron chi connectivity index (χ0n) is 14.0. The van der Waals surface area contributed by atoms with Crippen molar-refractivity contribution >= 4 is 16.7 Å². The average Bonchev–Trinajstić information content (AvgIpc) is 3.04. The number of halogens is 4. The molecule has 9 heteroatoms. The van der Waals surface area contributed by atoms with Crippen LogP contribution in [0.5, 0.6) is 0 Å². The van der Waals surface area contributed by atoms with Crippen molar-refractivity contribution < 1.29 is 17.6 Å². The number of anilines is 1. The molecule has 1 aliphatic heterocycles. The van der Waals surface area contributed by atoms with Gasteiger partial charge in [-0.3, -0.25) is 0 Å². The van der Waals surface area contributed by atoms with Gasteiger partial charge in [0.05, 0.1) is 17.0 Å². The monoisotopic (exact) mass is 385 g/mol. The summed E-state index contributed by atoms with van der Waals surface area (Å²) < 4.78 is 55.7. The van der Waals surface area contributed by atoms with E-state index < -0.39 is 29.2 Å². The van der Waals surface area contributed by atoms with Crippen molar-refractivity contribution in [1.82, 2.24) is 20.4 Å². The quantitative estimate of drug-likeness (QED) is 0.467. The first-order chi connectivity index (χ1) is 13.4. The first-order valence-corrected chi connectivity index (χ1v) is 8.37. The van der Waals surface area contributed by atoms with Gasteiger partial charge in [0.2, 0.25) is 0 Å². The van der Waals surface area contributed by atoms with Gasteiger partial charge < -0.3 is 10.3 Å². The second-order valence-electron chi connectivity index (χ2n) is 6.43. The highest BCUT2D eigenvalue weighted by Crippen LogP contribution is 2.45. The Morgan fingerprint density at radius 3 is 2.61 bits per heavy atom. The molecule has 28 heavy (non-hydrogen) atoms. The molecule has 0 saturated carbocycles. The van der Waals surface area contributed by atoms with Crippen LogP contribution in [0.3, 0.4) is 0 Å². The molecule has 0 fully saturated rings. The zero-order valence-corrected chi connectivity index (χ0v) is 14.0. The Hall–Kier alpha value is -3.49. The maximum absolute atomic E-state index is 14.7. The van der Waals surface area contributed by atoms with E-state index >= 15 is 0 Å². The molecular weight excluding hydrogens is 374 g/mol. The van der Waals surface area contributed by atoms with Crippen molar-refractivity contribution in [2.45, 2.75) is 12.2 Å². The molecule has 0 aliphatic carbocycles. The van der Waals surface area contributed by atoms with Gasteiger partial charge in [0.25, 0.3) is 0 Å². The fourth-order valence-electron chi connectivity index (χ4n) is 3.69. The van der Waals surface area contributed by atoms with Gasteiger partial charge in [-0.1, -0.05) is 24.3 Å². The minimum absolute atomic E-state index is 0.369. The smallest absolute Gasteiger partial charge is 0.373 e. The number of hydrogen-bond acceptors (Lipinski definition) is 4. The van der Waals surface area contributed by atoms with Crippen LogP contribution in [0.4, 0.5) is 23.2 Å². The second kappa shape index (κ2) is 5.75. The number of alkyl halides is 3. The van der Waals surface area contributed by atoms with Crippen LogP contribution in [0, 0.1) is 5.82 Å². The number of nitrogens with zero attached hydrogens (tertiary/aromatic N) is 3. The van der Waals surface area contributed by atoms with Crippen LogP contribution < -0.4 is 5.32 Å². The van der Waals surface area contributed by atoms with Crippen LogP contribution in [0.25, 0.3) is 22.3 Å².